The Balaban J connectivity index is 1.69. The molecule has 3 rings (SSSR count). The Hall–Kier alpha value is -2.81. The maximum absolute atomic E-state index is 11.9. The van der Waals surface area contributed by atoms with Gasteiger partial charge in [0.25, 0.3) is 0 Å². The van der Waals surface area contributed by atoms with Crippen LogP contribution in [0.3, 0.4) is 0 Å². The SMILES string of the molecule is O=C(NCc1ccccc1)Oc1cccc2ccccc12. The van der Waals surface area contributed by atoms with E-state index in [1.54, 1.807) is 6.07 Å². The van der Waals surface area contributed by atoms with Gasteiger partial charge in [-0.2, -0.15) is 0 Å². The van der Waals surface area contributed by atoms with E-state index in [2.05, 4.69) is 5.32 Å². The summed E-state index contributed by atoms with van der Waals surface area (Å²) >= 11 is 0. The van der Waals surface area contributed by atoms with Crippen LogP contribution in [0.5, 0.6) is 5.75 Å². The van der Waals surface area contributed by atoms with Crippen molar-refractivity contribution in [2.45, 2.75) is 6.54 Å². The summed E-state index contributed by atoms with van der Waals surface area (Å²) in [7, 11) is 0. The minimum absolute atomic E-state index is 0.449. The first-order valence-electron chi connectivity index (χ1n) is 6.80. The highest BCUT2D eigenvalue weighted by molar-refractivity contribution is 5.90. The first-order chi connectivity index (χ1) is 10.3. The Morgan fingerprint density at radius 2 is 1.57 bits per heavy atom. The summed E-state index contributed by atoms with van der Waals surface area (Å²) in [5.74, 6) is 0.568. The van der Waals surface area contributed by atoms with Crippen molar-refractivity contribution in [2.24, 2.45) is 0 Å². The third-order valence-corrected chi connectivity index (χ3v) is 3.23. The van der Waals surface area contributed by atoms with Gasteiger partial charge in [-0.05, 0) is 17.0 Å². The van der Waals surface area contributed by atoms with E-state index in [0.717, 1.165) is 16.3 Å². The molecule has 0 saturated heterocycles. The molecule has 0 atom stereocenters. The van der Waals surface area contributed by atoms with Crippen molar-refractivity contribution in [3.63, 3.8) is 0 Å². The quantitative estimate of drug-likeness (QED) is 0.781. The first kappa shape index (κ1) is 13.2. The average molecular weight is 277 g/mol. The molecule has 3 aromatic rings. The lowest BCUT2D eigenvalue weighted by atomic mass is 10.1. The second-order valence-corrected chi connectivity index (χ2v) is 4.71. The van der Waals surface area contributed by atoms with Gasteiger partial charge >= 0.3 is 6.09 Å². The highest BCUT2D eigenvalue weighted by Gasteiger charge is 2.07. The van der Waals surface area contributed by atoms with Crippen molar-refractivity contribution in [3.05, 3.63) is 78.4 Å². The van der Waals surface area contributed by atoms with Crippen molar-refractivity contribution < 1.29 is 9.53 Å². The summed E-state index contributed by atoms with van der Waals surface area (Å²) in [5.41, 5.74) is 1.03. The molecular weight excluding hydrogens is 262 g/mol. The standard InChI is InChI=1S/C18H15NO2/c20-18(19-13-14-7-2-1-3-8-14)21-17-12-6-10-15-9-4-5-11-16(15)17/h1-12H,13H2,(H,19,20). The summed E-state index contributed by atoms with van der Waals surface area (Å²) in [6.07, 6.45) is -0.449. The molecule has 0 spiro atoms. The Bertz CT molecular complexity index is 748. The van der Waals surface area contributed by atoms with Gasteiger partial charge in [0.15, 0.2) is 0 Å². The second-order valence-electron chi connectivity index (χ2n) is 4.71. The molecule has 0 radical (unpaired) electrons. The van der Waals surface area contributed by atoms with E-state index >= 15 is 0 Å². The number of fused-ring (bicyclic) bond motifs is 1. The highest BCUT2D eigenvalue weighted by Crippen LogP contribution is 2.25. The molecule has 0 aliphatic heterocycles. The minimum Gasteiger partial charge on any atom is -0.410 e. The van der Waals surface area contributed by atoms with Crippen LogP contribution in [0.4, 0.5) is 4.79 Å². The fraction of sp³-hybridized carbons (Fsp3) is 0.0556. The van der Waals surface area contributed by atoms with Crippen LogP contribution in [0, 0.1) is 0 Å². The Kier molecular flexibility index (Phi) is 3.83. The van der Waals surface area contributed by atoms with Crippen LogP contribution < -0.4 is 10.1 Å². The lowest BCUT2D eigenvalue weighted by Crippen LogP contribution is -2.26. The average Bonchev–Trinajstić information content (AvgIpc) is 2.54. The third kappa shape index (κ3) is 3.20. The molecule has 0 saturated carbocycles. The van der Waals surface area contributed by atoms with E-state index in [9.17, 15) is 4.79 Å². The number of carbonyl (C=O) groups is 1. The summed E-state index contributed by atoms with van der Waals surface area (Å²) in [6, 6.07) is 23.2. The Morgan fingerprint density at radius 1 is 0.857 bits per heavy atom. The number of carbonyl (C=O) groups excluding carboxylic acids is 1. The normalized spacial score (nSPS) is 10.3. The van der Waals surface area contributed by atoms with Gasteiger partial charge in [0.1, 0.15) is 5.75 Å². The number of amides is 1. The van der Waals surface area contributed by atoms with Crippen molar-refractivity contribution in [1.82, 2.24) is 5.32 Å². The summed E-state index contributed by atoms with van der Waals surface area (Å²) < 4.78 is 5.40. The van der Waals surface area contributed by atoms with Gasteiger partial charge in [0, 0.05) is 11.9 Å². The highest BCUT2D eigenvalue weighted by atomic mass is 16.6. The fourth-order valence-electron chi connectivity index (χ4n) is 2.19. The zero-order valence-electron chi connectivity index (χ0n) is 11.5. The van der Waals surface area contributed by atoms with Crippen molar-refractivity contribution >= 4 is 16.9 Å². The van der Waals surface area contributed by atoms with Gasteiger partial charge in [-0.1, -0.05) is 66.7 Å². The predicted octanol–water partition coefficient (Wildman–Crippen LogP) is 4.13. The maximum Gasteiger partial charge on any atom is 0.412 e. The number of nitrogens with one attached hydrogen (secondary N) is 1. The first-order valence-corrected chi connectivity index (χ1v) is 6.80. The van der Waals surface area contributed by atoms with Crippen LogP contribution in [0.25, 0.3) is 10.8 Å². The van der Waals surface area contributed by atoms with E-state index in [-0.39, 0.29) is 0 Å². The molecule has 0 bridgehead atoms. The number of ether oxygens (including phenoxy) is 1. The molecule has 3 aromatic carbocycles. The van der Waals surface area contributed by atoms with E-state index in [1.165, 1.54) is 0 Å². The largest absolute Gasteiger partial charge is 0.412 e. The second kappa shape index (κ2) is 6.09. The van der Waals surface area contributed by atoms with Gasteiger partial charge in [-0.25, -0.2) is 4.79 Å². The third-order valence-electron chi connectivity index (χ3n) is 3.23. The molecule has 1 amide bonds. The lowest BCUT2D eigenvalue weighted by molar-refractivity contribution is 0.200. The molecule has 0 fully saturated rings. The predicted molar refractivity (Wildman–Crippen MR) is 83.3 cm³/mol. The zero-order chi connectivity index (χ0) is 14.5. The Morgan fingerprint density at radius 3 is 2.43 bits per heavy atom. The topological polar surface area (TPSA) is 38.3 Å². The monoisotopic (exact) mass is 277 g/mol. The van der Waals surface area contributed by atoms with E-state index in [4.69, 9.17) is 4.74 Å². The van der Waals surface area contributed by atoms with Crippen molar-refractivity contribution in [1.29, 1.82) is 0 Å². The molecule has 104 valence electrons. The molecule has 0 aromatic heterocycles. The molecule has 21 heavy (non-hydrogen) atoms. The van der Waals surface area contributed by atoms with Crippen LogP contribution in [-0.2, 0) is 6.54 Å². The molecule has 0 heterocycles. The van der Waals surface area contributed by atoms with Crippen molar-refractivity contribution in [3.8, 4) is 5.75 Å². The van der Waals surface area contributed by atoms with Gasteiger partial charge in [-0.3, -0.25) is 0 Å². The molecule has 0 unspecified atom stereocenters. The minimum atomic E-state index is -0.449. The fourth-order valence-corrected chi connectivity index (χ4v) is 2.19. The van der Waals surface area contributed by atoms with Gasteiger partial charge in [-0.15, -0.1) is 0 Å². The molecule has 0 aliphatic rings. The van der Waals surface area contributed by atoms with Crippen LogP contribution in [0.2, 0.25) is 0 Å². The Labute approximate surface area is 123 Å². The maximum atomic E-state index is 11.9. The summed E-state index contributed by atoms with van der Waals surface area (Å²) in [6.45, 7) is 0.449. The van der Waals surface area contributed by atoms with Crippen LogP contribution in [-0.4, -0.2) is 6.09 Å². The van der Waals surface area contributed by atoms with Gasteiger partial charge < -0.3 is 10.1 Å². The number of hydrogen-bond donors (Lipinski definition) is 1. The van der Waals surface area contributed by atoms with Gasteiger partial charge in [0.2, 0.25) is 0 Å². The molecule has 0 aliphatic carbocycles. The number of benzene rings is 3. The number of rotatable bonds is 3. The number of hydrogen-bond acceptors (Lipinski definition) is 2. The van der Waals surface area contributed by atoms with Crippen molar-refractivity contribution in [2.75, 3.05) is 0 Å². The van der Waals surface area contributed by atoms with Crippen LogP contribution in [0.1, 0.15) is 5.56 Å². The molecule has 1 N–H and O–H groups in total. The zero-order valence-corrected chi connectivity index (χ0v) is 11.5. The van der Waals surface area contributed by atoms with E-state index in [0.29, 0.717) is 12.3 Å². The molecular formula is C18H15NO2. The smallest absolute Gasteiger partial charge is 0.410 e. The van der Waals surface area contributed by atoms with Gasteiger partial charge in [0.05, 0.1) is 0 Å². The van der Waals surface area contributed by atoms with E-state index < -0.39 is 6.09 Å². The van der Waals surface area contributed by atoms with E-state index in [1.807, 2.05) is 66.7 Å². The van der Waals surface area contributed by atoms with Crippen LogP contribution >= 0.6 is 0 Å². The van der Waals surface area contributed by atoms with Crippen LogP contribution in [0.15, 0.2) is 72.8 Å². The summed E-state index contributed by atoms with van der Waals surface area (Å²) in [4.78, 5) is 11.9. The lowest BCUT2D eigenvalue weighted by Gasteiger charge is -2.09. The summed E-state index contributed by atoms with van der Waals surface area (Å²) in [5, 5.41) is 4.72. The molecule has 3 heteroatoms. The molecule has 3 nitrogen and oxygen atoms in total.